The Morgan fingerprint density at radius 1 is 0.618 bits per heavy atom. The van der Waals surface area contributed by atoms with Gasteiger partial charge in [0, 0.05) is 99.5 Å². The van der Waals surface area contributed by atoms with E-state index in [9.17, 15) is 24.7 Å². The lowest BCUT2D eigenvalue weighted by molar-refractivity contribution is 0.0820. The molecule has 4 aliphatic heterocycles. The summed E-state index contributed by atoms with van der Waals surface area (Å²) >= 11 is 13.2. The van der Waals surface area contributed by atoms with E-state index in [4.69, 9.17) is 42.1 Å². The quantitative estimate of drug-likeness (QED) is 0.0179. The van der Waals surface area contributed by atoms with E-state index in [0.29, 0.717) is 90.5 Å². The molecule has 10 rings (SSSR count). The summed E-state index contributed by atoms with van der Waals surface area (Å²) in [6, 6.07) is 27.9. The number of hydrogen-bond acceptors (Lipinski definition) is 18. The fourth-order valence-electron chi connectivity index (χ4n) is 12.8. The molecule has 4 amide bonds. The molecule has 7 atom stereocenters. The highest BCUT2D eigenvalue weighted by Crippen LogP contribution is 2.43. The number of nitriles is 2. The number of fused-ring (bicyclic) bond motifs is 2. The van der Waals surface area contributed by atoms with Crippen LogP contribution in [0.5, 0.6) is 11.5 Å². The number of likely N-dealkylation sites (tertiary alicyclic amines) is 2. The number of hydrogen-bond donors (Lipinski definition) is 8. The zero-order valence-corrected chi connectivity index (χ0v) is 53.9. The number of nitrogens with one attached hydrogen (secondary N) is 8. The van der Waals surface area contributed by atoms with Gasteiger partial charge in [0.05, 0.1) is 79.2 Å². The van der Waals surface area contributed by atoms with Crippen molar-refractivity contribution in [2.45, 2.75) is 97.5 Å². The molecular weight excluding hydrogens is 1210 g/mol. The van der Waals surface area contributed by atoms with Crippen LogP contribution < -0.4 is 50.8 Å². The number of nitrogens with zero attached hydrogens (tertiary/aromatic N) is 6. The summed E-state index contributed by atoms with van der Waals surface area (Å²) in [6.07, 6.45) is 6.45. The lowest BCUT2D eigenvalue weighted by Crippen LogP contribution is -2.42. The van der Waals surface area contributed by atoms with Crippen molar-refractivity contribution in [3.63, 3.8) is 0 Å². The maximum absolute atomic E-state index is 13.4. The van der Waals surface area contributed by atoms with E-state index < -0.39 is 11.4 Å². The minimum atomic E-state index is -1.40. The zero-order chi connectivity index (χ0) is 61.7. The van der Waals surface area contributed by atoms with Crippen LogP contribution in [0.25, 0.3) is 0 Å². The monoisotopic (exact) mass is 1300 g/mol. The summed E-state index contributed by atoms with van der Waals surface area (Å²) < 4.78 is 45.5. The van der Waals surface area contributed by atoms with Crippen LogP contribution in [-0.2, 0) is 33.7 Å². The van der Waals surface area contributed by atoms with Gasteiger partial charge in [0.25, 0.3) is 0 Å². The highest BCUT2D eigenvalue weighted by molar-refractivity contribution is 7.97. The molecule has 89 heavy (non-hydrogen) atoms. The molecule has 4 fully saturated rings. The molecule has 25 heteroatoms. The first-order valence-corrected chi connectivity index (χ1v) is 34.4. The number of carbonyl (C=O) groups is 2. The number of unbranched alkanes of at least 4 members (excludes halogenated alkanes) is 1. The number of carbonyl (C=O) groups excluding carboxylic acids is 2. The molecule has 6 aliphatic rings. The van der Waals surface area contributed by atoms with Crippen LogP contribution in [0.4, 0.5) is 9.59 Å². The zero-order valence-electron chi connectivity index (χ0n) is 50.7. The largest absolute Gasteiger partial charge is 0.593 e. The van der Waals surface area contributed by atoms with Crippen LogP contribution in [0.2, 0.25) is 10.0 Å². The topological polar surface area (TPSA) is 251 Å². The molecule has 0 saturated carbocycles. The van der Waals surface area contributed by atoms with Gasteiger partial charge in [-0.1, -0.05) is 23.2 Å². The Hall–Kier alpha value is -5.16. The first-order chi connectivity index (χ1) is 43.6. The van der Waals surface area contributed by atoms with Gasteiger partial charge >= 0.3 is 12.1 Å². The minimum Gasteiger partial charge on any atom is -0.593 e. The predicted molar refractivity (Wildman–Crippen MR) is 347 cm³/mol. The summed E-state index contributed by atoms with van der Waals surface area (Å²) in [6.45, 7) is 16.4. The van der Waals surface area contributed by atoms with Gasteiger partial charge in [0.1, 0.15) is 23.7 Å². The van der Waals surface area contributed by atoms with E-state index in [2.05, 4.69) is 85.2 Å². The third-order valence-corrected chi connectivity index (χ3v) is 20.1. The van der Waals surface area contributed by atoms with Crippen molar-refractivity contribution in [2.24, 2.45) is 0 Å². The smallest absolute Gasteiger partial charge is 0.314 e. The highest BCUT2D eigenvalue weighted by Gasteiger charge is 2.42. The molecule has 4 heterocycles. The van der Waals surface area contributed by atoms with Crippen molar-refractivity contribution in [1.29, 1.82) is 10.5 Å². The van der Waals surface area contributed by atoms with E-state index in [1.165, 1.54) is 0 Å². The van der Waals surface area contributed by atoms with Crippen LogP contribution in [0.15, 0.2) is 82.6 Å². The fraction of sp³-hybridized carbons (Fsp3) is 0.562. The van der Waals surface area contributed by atoms with Crippen molar-refractivity contribution in [1.82, 2.24) is 60.9 Å². The molecule has 1 unspecified atom stereocenters. The van der Waals surface area contributed by atoms with Gasteiger partial charge in [0.2, 0.25) is 0 Å². The van der Waals surface area contributed by atoms with E-state index in [1.54, 1.807) is 24.1 Å². The normalized spacial score (nSPS) is 22.7. The van der Waals surface area contributed by atoms with E-state index in [0.717, 1.165) is 176 Å². The average molecular weight is 1300 g/mol. The SMILES string of the molecule is N#Cc1cc(Cl)cc2c1C[C@H](N1CCCNCC1)[C@H]2Oc1ccc(SN[C@@H]2CCN(CCOCCNC(=O)NCCCCNC(=O)NCCOCCN3CC[C@@H](N[S+]([O-])c4ccc(O[C@H]5c6cc(Cl)cc(C#N)c6C[C@@H]5N5CCCNCC5)cc4)C3)C2)cc1. The Kier molecular flexibility index (Phi) is 25.9. The number of rotatable bonds is 29. The third kappa shape index (κ3) is 19.4. The summed E-state index contributed by atoms with van der Waals surface area (Å²) in [7, 11) is 0. The van der Waals surface area contributed by atoms with Gasteiger partial charge in [-0.3, -0.25) is 24.3 Å². The van der Waals surface area contributed by atoms with E-state index in [1.807, 2.05) is 48.5 Å². The molecule has 0 spiro atoms. The van der Waals surface area contributed by atoms with Crippen molar-refractivity contribution >= 4 is 58.6 Å². The van der Waals surface area contributed by atoms with Crippen molar-refractivity contribution in [3.8, 4) is 23.6 Å². The highest BCUT2D eigenvalue weighted by atomic mass is 35.5. The molecule has 4 aromatic rings. The Morgan fingerprint density at radius 2 is 1.10 bits per heavy atom. The van der Waals surface area contributed by atoms with E-state index in [-0.39, 0.29) is 42.4 Å². The molecule has 8 N–H and O–H groups in total. The Labute approximate surface area is 541 Å². The summed E-state index contributed by atoms with van der Waals surface area (Å²) in [5.41, 5.74) is 5.25. The van der Waals surface area contributed by atoms with Crippen LogP contribution >= 0.6 is 35.1 Å². The molecule has 2 aliphatic carbocycles. The van der Waals surface area contributed by atoms with Crippen LogP contribution in [0.3, 0.4) is 0 Å². The van der Waals surface area contributed by atoms with Gasteiger partial charge < -0.3 is 55.4 Å². The molecule has 0 radical (unpaired) electrons. The number of benzene rings is 4. The molecule has 480 valence electrons. The lowest BCUT2D eigenvalue weighted by atomic mass is 10.0. The van der Waals surface area contributed by atoms with Gasteiger partial charge in [0.15, 0.2) is 4.90 Å². The minimum absolute atomic E-state index is 0.0713. The van der Waals surface area contributed by atoms with Crippen molar-refractivity contribution in [2.75, 3.05) is 144 Å². The second-order valence-electron chi connectivity index (χ2n) is 23.6. The molecule has 4 aromatic carbocycles. The first kappa shape index (κ1) is 66.8. The maximum atomic E-state index is 13.4. The van der Waals surface area contributed by atoms with E-state index >= 15 is 0 Å². The molecule has 0 aromatic heterocycles. The van der Waals surface area contributed by atoms with Crippen LogP contribution in [0.1, 0.15) is 84.1 Å². The molecule has 0 bridgehead atoms. The number of ether oxygens (including phenoxy) is 4. The second kappa shape index (κ2) is 34.5. The fourth-order valence-corrected chi connectivity index (χ4v) is 15.1. The Morgan fingerprint density at radius 3 is 1.62 bits per heavy atom. The number of halogens is 2. The summed E-state index contributed by atoms with van der Waals surface area (Å²) in [5.74, 6) is 1.47. The standard InChI is InChI=1S/C64H86Cl2N14O7S2/c65-47-35-45(41-67)55-39-59(79-23-3-15-69-19-27-79)61(57(55)37-47)86-51-5-9-53(10-6-51)88-75-49-13-25-77(43-49)29-33-84-31-21-73-63(81)71-17-1-2-18-72-64(82)74-22-32-85-34-30-78-26-14-50(44-78)76-89(83)54-11-7-52(8-12-54)87-62-58-38-48(66)36-46(42-68)56(58)40-60(62)80-24-4-16-70-20-28-80/h5-12,35-38,49-50,59-62,69-70,75-76H,1-4,13-34,39-40,43-44H2,(H2,71,73,81)(H2,72,74,82)/t49-,50-,59+,60+,61+,62+,89?/m1/s1. The molecular formula is C64H86Cl2N14O7S2. The number of amides is 4. The first-order valence-electron chi connectivity index (χ1n) is 31.7. The summed E-state index contributed by atoms with van der Waals surface area (Å²) in [4.78, 5) is 36.1. The Bertz CT molecular complexity index is 3010. The molecule has 21 nitrogen and oxygen atoms in total. The predicted octanol–water partition coefficient (Wildman–Crippen LogP) is 5.89. The van der Waals surface area contributed by atoms with Gasteiger partial charge in [-0.2, -0.15) is 10.5 Å². The Balaban J connectivity index is 0.509. The second-order valence-corrected chi connectivity index (χ2v) is 26.6. The average Bonchev–Trinajstić information content (AvgIpc) is 1.76. The van der Waals surface area contributed by atoms with Crippen LogP contribution in [-0.4, -0.2) is 205 Å². The molecule has 4 saturated heterocycles. The van der Waals surface area contributed by atoms with Crippen molar-refractivity contribution in [3.05, 3.63) is 116 Å². The van der Waals surface area contributed by atoms with Gasteiger partial charge in [-0.25, -0.2) is 9.59 Å². The van der Waals surface area contributed by atoms with Crippen molar-refractivity contribution < 1.29 is 33.1 Å². The summed E-state index contributed by atoms with van der Waals surface area (Å²) in [5, 5.41) is 39.3. The van der Waals surface area contributed by atoms with Gasteiger partial charge in [-0.15, -0.1) is 4.72 Å². The van der Waals surface area contributed by atoms with Gasteiger partial charge in [-0.05, 0) is 198 Å². The maximum Gasteiger partial charge on any atom is 0.314 e. The third-order valence-electron chi connectivity index (χ3n) is 17.5. The lowest BCUT2D eigenvalue weighted by Gasteiger charge is -2.32. The van der Waals surface area contributed by atoms with Crippen LogP contribution in [0, 0.1) is 22.7 Å². The number of urea groups is 2.